The second-order valence-corrected chi connectivity index (χ2v) is 11.1. The maximum atomic E-state index is 11.8. The number of amides is 2. The van der Waals surface area contributed by atoms with Gasteiger partial charge in [0.1, 0.15) is 0 Å². The van der Waals surface area contributed by atoms with Crippen LogP contribution in [0.2, 0.25) is 0 Å². The van der Waals surface area contributed by atoms with Gasteiger partial charge in [0.15, 0.2) is 0 Å². The first kappa shape index (κ1) is 27.5. The second kappa shape index (κ2) is 12.0. The Bertz CT molecular complexity index is 1500. The van der Waals surface area contributed by atoms with Crippen LogP contribution in [0.3, 0.4) is 0 Å². The van der Waals surface area contributed by atoms with Crippen molar-refractivity contribution in [2.45, 2.75) is 33.2 Å². The van der Waals surface area contributed by atoms with Gasteiger partial charge >= 0.3 is 5.97 Å². The Morgan fingerprint density at radius 2 is 1.93 bits per heavy atom. The predicted molar refractivity (Wildman–Crippen MR) is 154 cm³/mol. The summed E-state index contributed by atoms with van der Waals surface area (Å²) in [6.45, 7) is 7.01. The number of hydrogen-bond acceptors (Lipinski definition) is 9. The number of thioether (sulfide) groups is 1. The first-order valence-corrected chi connectivity index (χ1v) is 13.9. The highest BCUT2D eigenvalue weighted by atomic mass is 32.2. The van der Waals surface area contributed by atoms with E-state index in [4.69, 9.17) is 4.98 Å². The van der Waals surface area contributed by atoms with E-state index in [1.807, 2.05) is 32.0 Å². The molecule has 0 atom stereocenters. The normalized spacial score (nSPS) is 16.9. The van der Waals surface area contributed by atoms with E-state index < -0.39 is 11.9 Å². The molecule has 2 aliphatic rings. The number of carboxylic acid groups (broad SMARTS) is 1. The molecule has 0 bridgehead atoms. The summed E-state index contributed by atoms with van der Waals surface area (Å²) in [6.07, 6.45) is 5.23. The van der Waals surface area contributed by atoms with Crippen molar-refractivity contribution in [3.8, 4) is 11.3 Å². The van der Waals surface area contributed by atoms with Gasteiger partial charge in [-0.1, -0.05) is 11.6 Å². The van der Waals surface area contributed by atoms with Gasteiger partial charge < -0.3 is 15.3 Å². The van der Waals surface area contributed by atoms with E-state index in [9.17, 15) is 19.5 Å². The van der Waals surface area contributed by atoms with Gasteiger partial charge in [-0.25, -0.2) is 14.8 Å². The van der Waals surface area contributed by atoms with E-state index in [0.29, 0.717) is 40.3 Å². The molecule has 40 heavy (non-hydrogen) atoms. The number of piperidine rings is 1. The van der Waals surface area contributed by atoms with E-state index >= 15 is 0 Å². The summed E-state index contributed by atoms with van der Waals surface area (Å²) in [7, 11) is 0. The van der Waals surface area contributed by atoms with Crippen molar-refractivity contribution < 1.29 is 19.5 Å². The molecule has 0 radical (unpaired) electrons. The molecule has 3 aromatic rings. The minimum absolute atomic E-state index is 0.249. The number of nitrogens with one attached hydrogen (secondary N) is 2. The maximum absolute atomic E-state index is 11.8. The van der Waals surface area contributed by atoms with Crippen LogP contribution in [0.1, 0.15) is 45.7 Å². The average Bonchev–Trinajstić information content (AvgIpc) is 3.24. The number of carboxylic acids is 1. The highest BCUT2D eigenvalue weighted by Crippen LogP contribution is 2.27. The third-order valence-corrected chi connectivity index (χ3v) is 7.74. The summed E-state index contributed by atoms with van der Waals surface area (Å²) in [5.41, 5.74) is 5.03. The molecule has 0 spiro atoms. The van der Waals surface area contributed by atoms with Crippen molar-refractivity contribution in [2.75, 3.05) is 24.5 Å². The molecule has 4 heterocycles. The first-order valence-electron chi connectivity index (χ1n) is 13.1. The Morgan fingerprint density at radius 1 is 1.12 bits per heavy atom. The van der Waals surface area contributed by atoms with Crippen LogP contribution in [-0.2, 0) is 11.3 Å². The molecule has 2 fully saturated rings. The zero-order valence-electron chi connectivity index (χ0n) is 22.3. The predicted octanol–water partition coefficient (Wildman–Crippen LogP) is 4.18. The van der Waals surface area contributed by atoms with Gasteiger partial charge in [-0.2, -0.15) is 0 Å². The Morgan fingerprint density at radius 3 is 2.65 bits per heavy atom. The second-order valence-electron chi connectivity index (χ2n) is 10.1. The van der Waals surface area contributed by atoms with E-state index in [2.05, 4.69) is 25.5 Å². The number of pyridine rings is 1. The fourth-order valence-electron chi connectivity index (χ4n) is 4.92. The molecule has 10 nitrogen and oxygen atoms in total. The van der Waals surface area contributed by atoms with Crippen molar-refractivity contribution in [1.29, 1.82) is 0 Å². The van der Waals surface area contributed by atoms with Gasteiger partial charge in [0.2, 0.25) is 5.95 Å². The van der Waals surface area contributed by atoms with E-state index in [0.717, 1.165) is 61.1 Å². The third kappa shape index (κ3) is 6.54. The molecule has 206 valence electrons. The summed E-state index contributed by atoms with van der Waals surface area (Å²) < 4.78 is 0. The van der Waals surface area contributed by atoms with Gasteiger partial charge in [-0.3, -0.25) is 19.9 Å². The van der Waals surface area contributed by atoms with Crippen molar-refractivity contribution >= 4 is 40.9 Å². The van der Waals surface area contributed by atoms with E-state index in [-0.39, 0.29) is 10.8 Å². The highest BCUT2D eigenvalue weighted by molar-refractivity contribution is 8.18. The van der Waals surface area contributed by atoms with Crippen LogP contribution in [0, 0.1) is 19.8 Å². The van der Waals surface area contributed by atoms with Gasteiger partial charge in [0, 0.05) is 31.4 Å². The molecule has 0 aliphatic carbocycles. The minimum atomic E-state index is -0.963. The SMILES string of the molecule is Cc1cc(CNCC2CCN(c3nccc(C=C4SC(=O)NC4=O)n3)CC2)nc(-c2cc(C)ccc2C(=O)O)c1. The van der Waals surface area contributed by atoms with Gasteiger partial charge in [-0.15, -0.1) is 0 Å². The van der Waals surface area contributed by atoms with Crippen LogP contribution in [0.5, 0.6) is 0 Å². The zero-order chi connectivity index (χ0) is 28.2. The quantitative estimate of drug-likeness (QED) is 0.345. The van der Waals surface area contributed by atoms with Crippen molar-refractivity contribution in [1.82, 2.24) is 25.6 Å². The van der Waals surface area contributed by atoms with Crippen LogP contribution < -0.4 is 15.5 Å². The van der Waals surface area contributed by atoms with Gasteiger partial charge in [-0.05, 0) is 92.9 Å². The van der Waals surface area contributed by atoms with Gasteiger partial charge in [0.05, 0.1) is 27.6 Å². The Kier molecular flexibility index (Phi) is 8.22. The number of imide groups is 1. The summed E-state index contributed by atoms with van der Waals surface area (Å²) in [4.78, 5) is 51.2. The molecule has 2 aliphatic heterocycles. The number of rotatable bonds is 8. The smallest absolute Gasteiger partial charge is 0.336 e. The van der Waals surface area contributed by atoms with Crippen molar-refractivity contribution in [2.24, 2.45) is 5.92 Å². The number of aromatic carboxylic acids is 1. The minimum Gasteiger partial charge on any atom is -0.478 e. The number of benzene rings is 1. The van der Waals surface area contributed by atoms with Crippen molar-refractivity contribution in [3.63, 3.8) is 0 Å². The lowest BCUT2D eigenvalue weighted by Gasteiger charge is -2.32. The number of aryl methyl sites for hydroxylation is 2. The number of nitrogens with zero attached hydrogens (tertiary/aromatic N) is 4. The van der Waals surface area contributed by atoms with Crippen LogP contribution in [-0.4, -0.2) is 56.8 Å². The molecule has 2 aromatic heterocycles. The summed E-state index contributed by atoms with van der Waals surface area (Å²) in [5.74, 6) is -0.259. The third-order valence-electron chi connectivity index (χ3n) is 6.93. The van der Waals surface area contributed by atoms with E-state index in [1.54, 1.807) is 30.5 Å². The Hall–Kier alpha value is -4.09. The fraction of sp³-hybridized carbons (Fsp3) is 0.310. The summed E-state index contributed by atoms with van der Waals surface area (Å²) >= 11 is 0.871. The molecule has 0 unspecified atom stereocenters. The largest absolute Gasteiger partial charge is 0.478 e. The lowest BCUT2D eigenvalue weighted by molar-refractivity contribution is -0.115. The van der Waals surface area contributed by atoms with Crippen molar-refractivity contribution in [3.05, 3.63) is 75.6 Å². The van der Waals surface area contributed by atoms with Gasteiger partial charge in [0.25, 0.3) is 11.1 Å². The van der Waals surface area contributed by atoms with Crippen LogP contribution in [0.25, 0.3) is 17.3 Å². The lowest BCUT2D eigenvalue weighted by Crippen LogP contribution is -2.38. The molecular weight excluding hydrogens is 528 g/mol. The van der Waals surface area contributed by atoms with Crippen LogP contribution in [0.15, 0.2) is 47.5 Å². The fourth-order valence-corrected chi connectivity index (χ4v) is 5.58. The molecule has 1 aromatic carbocycles. The van der Waals surface area contributed by atoms with E-state index in [1.165, 1.54) is 0 Å². The lowest BCUT2D eigenvalue weighted by atomic mass is 9.97. The monoisotopic (exact) mass is 558 g/mol. The summed E-state index contributed by atoms with van der Waals surface area (Å²) in [6, 6.07) is 11.0. The molecule has 2 amide bonds. The number of carbonyl (C=O) groups excluding carboxylic acids is 2. The molecular formula is C29H30N6O4S. The molecule has 5 rings (SSSR count). The maximum Gasteiger partial charge on any atom is 0.336 e. The molecule has 3 N–H and O–H groups in total. The number of carbonyl (C=O) groups is 3. The molecule has 2 saturated heterocycles. The number of anilines is 1. The van der Waals surface area contributed by atoms with Crippen LogP contribution in [0.4, 0.5) is 10.7 Å². The zero-order valence-corrected chi connectivity index (χ0v) is 23.1. The molecule has 11 heteroatoms. The first-order chi connectivity index (χ1) is 19.2. The number of hydrogen-bond donors (Lipinski definition) is 3. The molecule has 0 saturated carbocycles. The average molecular weight is 559 g/mol. The standard InChI is InChI=1S/C29H30N6O4S/c1-17-3-4-22(27(37)38)23(12-17)24-13-18(2)11-21(32-24)16-30-15-19-6-9-35(10-7-19)28-31-8-5-20(33-28)14-25-26(36)34-29(39)40-25/h3-5,8,11-14,19,30H,6-7,9-10,15-16H2,1-2H3,(H,37,38)(H,34,36,39). The van der Waals surface area contributed by atoms with Crippen LogP contribution >= 0.6 is 11.8 Å². The number of aromatic nitrogens is 3. The summed E-state index contributed by atoms with van der Waals surface area (Å²) in [5, 5.41) is 15.0. The highest BCUT2D eigenvalue weighted by Gasteiger charge is 2.26. The Balaban J connectivity index is 1.16. The Labute approximate surface area is 236 Å². The topological polar surface area (TPSA) is 137 Å².